The number of methoxy groups -OCH3 is 1. The van der Waals surface area contributed by atoms with E-state index in [2.05, 4.69) is 22.9 Å². The maximum Gasteiger partial charge on any atom is 0.219 e. The van der Waals surface area contributed by atoms with E-state index in [-0.39, 0.29) is 12.2 Å². The van der Waals surface area contributed by atoms with Crippen LogP contribution in [0.2, 0.25) is 5.02 Å². The molecular weight excluding hydrogens is 492 g/mol. The Morgan fingerprint density at radius 2 is 1.86 bits per heavy atom. The third-order valence-corrected chi connectivity index (χ3v) is 6.52. The first-order chi connectivity index (χ1) is 17.6. The van der Waals surface area contributed by atoms with E-state index in [9.17, 15) is 10.4 Å². The van der Waals surface area contributed by atoms with E-state index < -0.39 is 5.60 Å². The normalized spacial score (nSPS) is 14.9. The van der Waals surface area contributed by atoms with Gasteiger partial charge in [-0.3, -0.25) is 0 Å². The van der Waals surface area contributed by atoms with E-state index in [1.165, 1.54) is 0 Å². The van der Waals surface area contributed by atoms with Crippen molar-refractivity contribution in [2.24, 2.45) is 0 Å². The van der Waals surface area contributed by atoms with Crippen molar-refractivity contribution < 1.29 is 14.6 Å². The molecule has 0 saturated carbocycles. The second-order valence-corrected chi connectivity index (χ2v) is 10.5. The van der Waals surface area contributed by atoms with E-state index in [1.54, 1.807) is 37.7 Å². The first-order valence-electron chi connectivity index (χ1n) is 11.8. The molecule has 5 rings (SSSR count). The molecule has 1 saturated heterocycles. The predicted molar refractivity (Wildman–Crippen MR) is 141 cm³/mol. The van der Waals surface area contributed by atoms with Gasteiger partial charge in [-0.15, -0.1) is 0 Å². The van der Waals surface area contributed by atoms with Gasteiger partial charge in [0.15, 0.2) is 5.65 Å². The third kappa shape index (κ3) is 4.96. The lowest BCUT2D eigenvalue weighted by Crippen LogP contribution is -2.61. The summed E-state index contributed by atoms with van der Waals surface area (Å²) >= 11 is 6.19. The van der Waals surface area contributed by atoms with E-state index in [0.29, 0.717) is 41.0 Å². The summed E-state index contributed by atoms with van der Waals surface area (Å²) in [5.41, 5.74) is 2.63. The van der Waals surface area contributed by atoms with Crippen LogP contribution in [0.1, 0.15) is 26.5 Å². The fourth-order valence-electron chi connectivity index (χ4n) is 4.27. The van der Waals surface area contributed by atoms with Crippen molar-refractivity contribution in [1.82, 2.24) is 19.6 Å². The van der Waals surface area contributed by atoms with Crippen LogP contribution in [0, 0.1) is 11.3 Å². The Labute approximate surface area is 219 Å². The van der Waals surface area contributed by atoms with Gasteiger partial charge in [0.1, 0.15) is 29.9 Å². The van der Waals surface area contributed by atoms with Crippen LogP contribution in [0.15, 0.2) is 48.7 Å². The zero-order valence-electron chi connectivity index (χ0n) is 21.1. The van der Waals surface area contributed by atoms with Crippen molar-refractivity contribution in [2.45, 2.75) is 32.0 Å². The summed E-state index contributed by atoms with van der Waals surface area (Å²) in [6.07, 6.45) is 1.64. The second-order valence-electron chi connectivity index (χ2n) is 10.1. The number of nitriles is 1. The Morgan fingerprint density at radius 3 is 2.46 bits per heavy atom. The van der Waals surface area contributed by atoms with Crippen molar-refractivity contribution in [3.63, 3.8) is 0 Å². The van der Waals surface area contributed by atoms with Crippen LogP contribution in [0.25, 0.3) is 28.0 Å². The number of fused-ring (bicyclic) bond motifs is 1. The average Bonchev–Trinajstić information content (AvgIpc) is 3.24. The zero-order valence-corrected chi connectivity index (χ0v) is 21.8. The number of halogens is 1. The molecule has 37 heavy (non-hydrogen) atoms. The van der Waals surface area contributed by atoms with Gasteiger partial charge >= 0.3 is 0 Å². The molecular formula is C27H27ClN6O3. The topological polar surface area (TPSA) is 109 Å². The summed E-state index contributed by atoms with van der Waals surface area (Å²) < 4.78 is 13.4. The van der Waals surface area contributed by atoms with Crippen molar-refractivity contribution in [3.05, 3.63) is 59.4 Å². The number of rotatable bonds is 7. The highest BCUT2D eigenvalue weighted by atomic mass is 35.5. The van der Waals surface area contributed by atoms with Crippen molar-refractivity contribution in [3.8, 4) is 34.3 Å². The highest BCUT2D eigenvalue weighted by Gasteiger charge is 2.40. The largest absolute Gasteiger partial charge is 0.474 e. The first-order valence-corrected chi connectivity index (χ1v) is 12.2. The summed E-state index contributed by atoms with van der Waals surface area (Å²) in [6, 6.07) is 14.8. The molecule has 10 heteroatoms. The Kier molecular flexibility index (Phi) is 6.28. The summed E-state index contributed by atoms with van der Waals surface area (Å²) in [4.78, 5) is 11.2. The maximum absolute atomic E-state index is 10.2. The summed E-state index contributed by atoms with van der Waals surface area (Å²) in [5.74, 6) is 1.16. The molecule has 0 unspecified atom stereocenters. The number of aliphatic hydroxyl groups is 1. The average molecular weight is 519 g/mol. The zero-order chi connectivity index (χ0) is 26.4. The van der Waals surface area contributed by atoms with Gasteiger partial charge in [0.2, 0.25) is 5.88 Å². The highest BCUT2D eigenvalue weighted by molar-refractivity contribution is 6.30. The molecule has 0 amide bonds. The number of aromatic nitrogens is 4. The molecule has 190 valence electrons. The minimum absolute atomic E-state index is 0.0716. The van der Waals surface area contributed by atoms with E-state index in [0.717, 1.165) is 22.5 Å². The summed E-state index contributed by atoms with van der Waals surface area (Å²) in [5, 5.41) is 25.0. The second kappa shape index (κ2) is 9.30. The fourth-order valence-corrected chi connectivity index (χ4v) is 4.39. The minimum Gasteiger partial charge on any atom is -0.474 e. The van der Waals surface area contributed by atoms with Crippen LogP contribution in [-0.4, -0.2) is 62.7 Å². The van der Waals surface area contributed by atoms with Crippen LogP contribution in [0.5, 0.6) is 5.88 Å². The van der Waals surface area contributed by atoms with Crippen molar-refractivity contribution >= 4 is 23.1 Å². The van der Waals surface area contributed by atoms with Crippen LogP contribution < -0.4 is 9.64 Å². The number of ether oxygens (including phenoxy) is 2. The minimum atomic E-state index is -1.03. The van der Waals surface area contributed by atoms with Crippen molar-refractivity contribution in [2.75, 3.05) is 31.7 Å². The Bertz CT molecular complexity index is 1480. The summed E-state index contributed by atoms with van der Waals surface area (Å²) in [6.45, 7) is 6.82. The molecule has 4 aromatic rings. The summed E-state index contributed by atoms with van der Waals surface area (Å²) in [7, 11) is 1.71. The smallest absolute Gasteiger partial charge is 0.219 e. The molecule has 0 bridgehead atoms. The monoisotopic (exact) mass is 518 g/mol. The van der Waals surface area contributed by atoms with Gasteiger partial charge < -0.3 is 19.5 Å². The van der Waals surface area contributed by atoms with Crippen LogP contribution >= 0.6 is 11.6 Å². The Hall–Kier alpha value is -3.71. The highest BCUT2D eigenvalue weighted by Crippen LogP contribution is 2.39. The Morgan fingerprint density at radius 1 is 1.16 bits per heavy atom. The number of benzene rings is 1. The van der Waals surface area contributed by atoms with Crippen molar-refractivity contribution in [1.29, 1.82) is 5.26 Å². The van der Waals surface area contributed by atoms with Crippen LogP contribution in [-0.2, 0) is 4.74 Å². The number of hydrogen-bond acceptors (Lipinski definition) is 8. The fraction of sp³-hybridized carbons (Fsp3) is 0.333. The van der Waals surface area contributed by atoms with E-state index in [4.69, 9.17) is 31.2 Å². The van der Waals surface area contributed by atoms with Gasteiger partial charge in [-0.05, 0) is 50.6 Å². The molecule has 0 spiro atoms. The molecule has 1 fully saturated rings. The molecule has 4 heterocycles. The standard InChI is InChI=1S/C27H27ClN6O3/c1-26(2,35)16-37-21-11-22(33-14-27(3,15-33)36-4)34-25(31-21)23(17-5-8-19(28)9-6-17)24(32-34)18-7-10-20(12-29)30-13-18/h5-11,13,35H,14-16H2,1-4H3. The van der Waals surface area contributed by atoms with Gasteiger partial charge in [-0.2, -0.15) is 19.9 Å². The number of nitrogens with zero attached hydrogens (tertiary/aromatic N) is 6. The molecule has 1 aliphatic heterocycles. The van der Waals surface area contributed by atoms with Gasteiger partial charge in [-0.25, -0.2) is 4.98 Å². The first kappa shape index (κ1) is 25.0. The molecule has 9 nitrogen and oxygen atoms in total. The SMILES string of the molecule is COC1(C)CN(c2cc(OCC(C)(C)O)nc3c(-c4ccc(Cl)cc4)c(-c4ccc(C#N)nc4)nn23)C1. The van der Waals surface area contributed by atoms with E-state index in [1.807, 2.05) is 36.4 Å². The molecule has 0 aliphatic carbocycles. The lowest BCUT2D eigenvalue weighted by Gasteiger charge is -2.47. The number of anilines is 1. The van der Waals surface area contributed by atoms with Gasteiger partial charge in [0.05, 0.1) is 16.8 Å². The molecule has 1 aliphatic rings. The third-order valence-electron chi connectivity index (χ3n) is 6.27. The lowest BCUT2D eigenvalue weighted by molar-refractivity contribution is -0.0173. The van der Waals surface area contributed by atoms with E-state index >= 15 is 0 Å². The predicted octanol–water partition coefficient (Wildman–Crippen LogP) is 4.36. The van der Waals surface area contributed by atoms with Gasteiger partial charge in [0, 0.05) is 43.0 Å². The quantitative estimate of drug-likeness (QED) is 0.384. The maximum atomic E-state index is 10.2. The lowest BCUT2D eigenvalue weighted by atomic mass is 9.96. The molecule has 0 radical (unpaired) electrons. The van der Waals surface area contributed by atoms with Crippen LogP contribution in [0.4, 0.5) is 5.82 Å². The molecule has 1 aromatic carbocycles. The number of hydrogen-bond donors (Lipinski definition) is 1. The number of pyridine rings is 1. The molecule has 3 aromatic heterocycles. The Balaban J connectivity index is 1.74. The molecule has 1 N–H and O–H groups in total. The van der Waals surface area contributed by atoms with Gasteiger partial charge in [0.25, 0.3) is 0 Å². The molecule has 0 atom stereocenters. The van der Waals surface area contributed by atoms with Gasteiger partial charge in [-0.1, -0.05) is 23.7 Å². The van der Waals surface area contributed by atoms with Crippen LogP contribution in [0.3, 0.4) is 0 Å².